The van der Waals surface area contributed by atoms with Gasteiger partial charge in [-0.05, 0) is 43.4 Å². The molecule has 2 heterocycles. The maximum atomic E-state index is 13.0. The van der Waals surface area contributed by atoms with Gasteiger partial charge in [0.15, 0.2) is 0 Å². The lowest BCUT2D eigenvalue weighted by atomic mass is 9.66. The van der Waals surface area contributed by atoms with E-state index < -0.39 is 0 Å². The lowest BCUT2D eigenvalue weighted by molar-refractivity contribution is -0.138. The van der Waals surface area contributed by atoms with E-state index in [2.05, 4.69) is 16.0 Å². The van der Waals surface area contributed by atoms with E-state index in [0.717, 1.165) is 55.1 Å². The van der Waals surface area contributed by atoms with Crippen molar-refractivity contribution in [2.24, 2.45) is 11.7 Å². The van der Waals surface area contributed by atoms with Crippen LogP contribution in [0.15, 0.2) is 30.6 Å². The van der Waals surface area contributed by atoms with Crippen molar-refractivity contribution in [2.45, 2.75) is 44.1 Å². The van der Waals surface area contributed by atoms with Crippen LogP contribution in [0, 0.1) is 5.92 Å². The van der Waals surface area contributed by atoms with Crippen LogP contribution in [0.25, 0.3) is 0 Å². The summed E-state index contributed by atoms with van der Waals surface area (Å²) in [4.78, 5) is 22.5. The van der Waals surface area contributed by atoms with Crippen LogP contribution >= 0.6 is 36.4 Å². The Bertz CT molecular complexity index is 802. The molecule has 4 rings (SSSR count). The molecule has 1 amide bonds. The summed E-state index contributed by atoms with van der Waals surface area (Å²) in [5.41, 5.74) is 9.51. The van der Waals surface area contributed by atoms with Gasteiger partial charge in [0.25, 0.3) is 0 Å². The van der Waals surface area contributed by atoms with Gasteiger partial charge in [-0.25, -0.2) is 4.98 Å². The molecule has 2 aromatic rings. The highest BCUT2D eigenvalue weighted by molar-refractivity contribution is 6.30. The van der Waals surface area contributed by atoms with Gasteiger partial charge in [0.2, 0.25) is 5.91 Å². The van der Waals surface area contributed by atoms with E-state index in [4.69, 9.17) is 17.3 Å². The Hall–Kier alpha value is -1.27. The zero-order valence-corrected chi connectivity index (χ0v) is 18.1. The maximum Gasteiger partial charge on any atom is 0.226 e. The van der Waals surface area contributed by atoms with Crippen LogP contribution in [0.1, 0.15) is 42.6 Å². The number of carbonyl (C=O) groups excluding carboxylic acids is 1. The zero-order valence-electron chi connectivity index (χ0n) is 15.7. The second kappa shape index (κ2) is 9.49. The standard InChI is InChI=1S/C20H25ClN4O.2ClH/c21-16-3-1-2-15(10-16)20(12-22)7-4-14(5-8-20)19(26)25-9-6-17-18(11-25)24-13-23-17;;/h1-3,10,13-14H,4-9,11-12,22H2,(H,23,24);2*1H. The molecule has 1 aromatic heterocycles. The minimum absolute atomic E-state index is 0. The smallest absolute Gasteiger partial charge is 0.226 e. The van der Waals surface area contributed by atoms with Gasteiger partial charge in [-0.1, -0.05) is 23.7 Å². The Balaban J connectivity index is 0.00000140. The third kappa shape index (κ3) is 4.33. The number of nitrogens with one attached hydrogen (secondary N) is 1. The third-order valence-electron chi connectivity index (χ3n) is 6.21. The number of benzene rings is 1. The fourth-order valence-electron chi connectivity index (χ4n) is 4.51. The Morgan fingerprint density at radius 1 is 1.32 bits per heavy atom. The minimum Gasteiger partial charge on any atom is -0.347 e. The quantitative estimate of drug-likeness (QED) is 0.753. The van der Waals surface area contributed by atoms with Gasteiger partial charge in [-0.2, -0.15) is 0 Å². The van der Waals surface area contributed by atoms with Crippen LogP contribution in [-0.2, 0) is 23.2 Å². The largest absolute Gasteiger partial charge is 0.347 e. The predicted octanol–water partition coefficient (Wildman–Crippen LogP) is 3.88. The molecular formula is C20H27Cl3N4O. The van der Waals surface area contributed by atoms with E-state index in [9.17, 15) is 4.79 Å². The molecule has 1 fully saturated rings. The Morgan fingerprint density at radius 2 is 2.07 bits per heavy atom. The molecule has 1 aliphatic carbocycles. The van der Waals surface area contributed by atoms with Crippen molar-refractivity contribution in [3.05, 3.63) is 52.6 Å². The number of aromatic nitrogens is 2. The summed E-state index contributed by atoms with van der Waals surface area (Å²) in [6.07, 6.45) is 6.20. The molecule has 0 unspecified atom stereocenters. The Labute approximate surface area is 183 Å². The number of nitrogens with zero attached hydrogens (tertiary/aromatic N) is 2. The summed E-state index contributed by atoms with van der Waals surface area (Å²) >= 11 is 6.19. The van der Waals surface area contributed by atoms with Gasteiger partial charge in [0.1, 0.15) is 0 Å². The molecule has 154 valence electrons. The number of hydrogen-bond donors (Lipinski definition) is 2. The number of halogens is 3. The molecule has 2 aliphatic rings. The highest BCUT2D eigenvalue weighted by Gasteiger charge is 2.39. The molecule has 0 atom stereocenters. The first kappa shape index (κ1) is 23.0. The molecule has 28 heavy (non-hydrogen) atoms. The number of H-pyrrole nitrogens is 1. The Kier molecular flexibility index (Phi) is 7.80. The first-order valence-electron chi connectivity index (χ1n) is 9.37. The number of amides is 1. The van der Waals surface area contributed by atoms with Crippen LogP contribution in [0.5, 0.6) is 0 Å². The molecule has 0 radical (unpaired) electrons. The van der Waals surface area contributed by atoms with Crippen LogP contribution in [0.4, 0.5) is 0 Å². The lowest BCUT2D eigenvalue weighted by Crippen LogP contribution is -2.45. The van der Waals surface area contributed by atoms with E-state index in [1.165, 1.54) is 5.56 Å². The van der Waals surface area contributed by atoms with E-state index in [1.54, 1.807) is 6.33 Å². The summed E-state index contributed by atoms with van der Waals surface area (Å²) < 4.78 is 0. The van der Waals surface area contributed by atoms with E-state index >= 15 is 0 Å². The highest BCUT2D eigenvalue weighted by Crippen LogP contribution is 2.42. The molecule has 3 N–H and O–H groups in total. The summed E-state index contributed by atoms with van der Waals surface area (Å²) in [6.45, 7) is 2.01. The zero-order chi connectivity index (χ0) is 18.1. The lowest BCUT2D eigenvalue weighted by Gasteiger charge is -2.41. The monoisotopic (exact) mass is 444 g/mol. The molecule has 1 aromatic carbocycles. The number of hydrogen-bond acceptors (Lipinski definition) is 3. The first-order chi connectivity index (χ1) is 12.6. The van der Waals surface area contributed by atoms with Crippen molar-refractivity contribution < 1.29 is 4.79 Å². The SMILES string of the molecule is Cl.Cl.NCC1(c2cccc(Cl)c2)CCC(C(=O)N2CCc3nc[nH]c3C2)CC1. The van der Waals surface area contributed by atoms with Gasteiger partial charge < -0.3 is 15.6 Å². The second-order valence-electron chi connectivity index (χ2n) is 7.61. The van der Waals surface area contributed by atoms with E-state index in [0.29, 0.717) is 13.1 Å². The number of imidazole rings is 1. The molecule has 1 saturated carbocycles. The fraction of sp³-hybridized carbons (Fsp3) is 0.500. The summed E-state index contributed by atoms with van der Waals surface area (Å²) in [7, 11) is 0. The minimum atomic E-state index is -0.0554. The summed E-state index contributed by atoms with van der Waals surface area (Å²) in [5.74, 6) is 0.375. The third-order valence-corrected chi connectivity index (χ3v) is 6.44. The molecule has 1 aliphatic heterocycles. The average Bonchev–Trinajstić information content (AvgIpc) is 3.15. The van der Waals surface area contributed by atoms with Crippen molar-refractivity contribution >= 4 is 42.3 Å². The van der Waals surface area contributed by atoms with Gasteiger partial charge in [0.05, 0.1) is 24.3 Å². The van der Waals surface area contributed by atoms with Crippen molar-refractivity contribution in [3.8, 4) is 0 Å². The molecule has 0 saturated heterocycles. The number of aromatic amines is 1. The summed E-state index contributed by atoms with van der Waals surface area (Å²) in [6, 6.07) is 8.03. The normalized spacial score (nSPS) is 23.9. The number of nitrogens with two attached hydrogens (primary N) is 1. The maximum absolute atomic E-state index is 13.0. The van der Waals surface area contributed by atoms with Crippen molar-refractivity contribution in [3.63, 3.8) is 0 Å². The number of rotatable bonds is 3. The molecule has 0 bridgehead atoms. The van der Waals surface area contributed by atoms with Gasteiger partial charge in [0, 0.05) is 35.9 Å². The predicted molar refractivity (Wildman–Crippen MR) is 116 cm³/mol. The molecular weight excluding hydrogens is 419 g/mol. The Morgan fingerprint density at radius 3 is 2.75 bits per heavy atom. The van der Waals surface area contributed by atoms with Crippen LogP contribution in [0.2, 0.25) is 5.02 Å². The van der Waals surface area contributed by atoms with Crippen molar-refractivity contribution in [1.82, 2.24) is 14.9 Å². The van der Waals surface area contributed by atoms with E-state index in [-0.39, 0.29) is 42.1 Å². The summed E-state index contributed by atoms with van der Waals surface area (Å²) in [5, 5.41) is 0.747. The van der Waals surface area contributed by atoms with Crippen LogP contribution in [-0.4, -0.2) is 33.9 Å². The van der Waals surface area contributed by atoms with Gasteiger partial charge in [-0.3, -0.25) is 4.79 Å². The van der Waals surface area contributed by atoms with Crippen LogP contribution in [0.3, 0.4) is 0 Å². The van der Waals surface area contributed by atoms with Crippen molar-refractivity contribution in [2.75, 3.05) is 13.1 Å². The van der Waals surface area contributed by atoms with Crippen LogP contribution < -0.4 is 5.73 Å². The molecule has 5 nitrogen and oxygen atoms in total. The van der Waals surface area contributed by atoms with Crippen molar-refractivity contribution in [1.29, 1.82) is 0 Å². The topological polar surface area (TPSA) is 75.0 Å². The second-order valence-corrected chi connectivity index (χ2v) is 8.04. The van der Waals surface area contributed by atoms with Gasteiger partial charge >= 0.3 is 0 Å². The number of fused-ring (bicyclic) bond motifs is 1. The first-order valence-corrected chi connectivity index (χ1v) is 9.75. The number of carbonyl (C=O) groups is 1. The van der Waals surface area contributed by atoms with Gasteiger partial charge in [-0.15, -0.1) is 24.8 Å². The molecule has 8 heteroatoms. The molecule has 0 spiro atoms. The van der Waals surface area contributed by atoms with E-state index in [1.807, 2.05) is 23.1 Å². The average molecular weight is 446 g/mol. The highest BCUT2D eigenvalue weighted by atomic mass is 35.5. The fourth-order valence-corrected chi connectivity index (χ4v) is 4.70.